The molecule has 0 fully saturated rings. The fourth-order valence-electron chi connectivity index (χ4n) is 1.21. The molecule has 2 N–H and O–H groups in total. The lowest BCUT2D eigenvalue weighted by molar-refractivity contribution is -0.137. The molecule has 0 aromatic carbocycles. The first kappa shape index (κ1) is 10.9. The second kappa shape index (κ2) is 4.51. The van der Waals surface area contributed by atoms with E-state index in [2.05, 4.69) is 25.7 Å². The molecule has 9 nitrogen and oxygen atoms in total. The minimum Gasteiger partial charge on any atom is -0.481 e. The highest BCUT2D eigenvalue weighted by molar-refractivity contribution is 5.66. The zero-order chi connectivity index (χ0) is 12.3. The highest BCUT2D eigenvalue weighted by atomic mass is 16.4. The van der Waals surface area contributed by atoms with Crippen molar-refractivity contribution >= 4 is 5.97 Å². The van der Waals surface area contributed by atoms with Gasteiger partial charge in [-0.05, 0) is 16.5 Å². The van der Waals surface area contributed by atoms with Gasteiger partial charge in [-0.1, -0.05) is 0 Å². The first-order valence-electron chi connectivity index (χ1n) is 4.71. The molecule has 2 aromatic heterocycles. The third-order valence-corrected chi connectivity index (χ3v) is 1.98. The van der Waals surface area contributed by atoms with E-state index in [1.165, 1.54) is 16.8 Å². The second-order valence-electron chi connectivity index (χ2n) is 3.18. The average molecular weight is 236 g/mol. The summed E-state index contributed by atoms with van der Waals surface area (Å²) in [5.74, 6) is -0.636. The molecular formula is C8H8N6O3. The predicted molar refractivity (Wildman–Crippen MR) is 53.9 cm³/mol. The molecule has 0 radical (unpaired) electrons. The Labute approximate surface area is 94.1 Å². The molecule has 2 rings (SSSR count). The summed E-state index contributed by atoms with van der Waals surface area (Å²) in [4.78, 5) is 21.3. The Balaban J connectivity index is 2.27. The van der Waals surface area contributed by atoms with E-state index in [1.54, 1.807) is 0 Å². The number of rotatable bonds is 4. The van der Waals surface area contributed by atoms with Crippen LogP contribution in [-0.2, 0) is 11.3 Å². The van der Waals surface area contributed by atoms with Gasteiger partial charge in [-0.2, -0.15) is 5.10 Å². The first-order valence-corrected chi connectivity index (χ1v) is 4.71. The molecule has 9 heteroatoms. The number of aliphatic carboxylic acids is 1. The molecule has 0 bridgehead atoms. The van der Waals surface area contributed by atoms with Gasteiger partial charge in [-0.25, -0.2) is 9.78 Å². The highest BCUT2D eigenvalue weighted by Crippen LogP contribution is 2.09. The molecule has 0 amide bonds. The van der Waals surface area contributed by atoms with Crippen molar-refractivity contribution < 1.29 is 9.90 Å². The quantitative estimate of drug-likeness (QED) is 0.689. The van der Waals surface area contributed by atoms with E-state index >= 15 is 0 Å². The van der Waals surface area contributed by atoms with Gasteiger partial charge in [0.25, 0.3) is 5.56 Å². The van der Waals surface area contributed by atoms with Crippen molar-refractivity contribution in [3.05, 3.63) is 22.5 Å². The Hall–Kier alpha value is -2.58. The van der Waals surface area contributed by atoms with E-state index in [0.717, 1.165) is 0 Å². The summed E-state index contributed by atoms with van der Waals surface area (Å²) < 4.78 is 1.31. The summed E-state index contributed by atoms with van der Waals surface area (Å²) in [7, 11) is 0. The molecule has 0 atom stereocenters. The van der Waals surface area contributed by atoms with Crippen LogP contribution in [0.5, 0.6) is 0 Å². The van der Waals surface area contributed by atoms with Crippen LogP contribution in [0.2, 0.25) is 0 Å². The van der Waals surface area contributed by atoms with Crippen LogP contribution in [0, 0.1) is 0 Å². The van der Waals surface area contributed by atoms with Crippen LogP contribution in [0.4, 0.5) is 0 Å². The monoisotopic (exact) mass is 236 g/mol. The molecule has 2 aromatic rings. The number of tetrazole rings is 1. The van der Waals surface area contributed by atoms with Gasteiger partial charge in [0.2, 0.25) is 5.82 Å². The van der Waals surface area contributed by atoms with Crippen LogP contribution in [0.1, 0.15) is 6.42 Å². The van der Waals surface area contributed by atoms with Crippen molar-refractivity contribution in [1.29, 1.82) is 0 Å². The largest absolute Gasteiger partial charge is 0.481 e. The topological polar surface area (TPSA) is 127 Å². The molecule has 0 aliphatic heterocycles. The Bertz CT molecular complexity index is 568. The van der Waals surface area contributed by atoms with Crippen LogP contribution in [0.25, 0.3) is 11.5 Å². The molecular weight excluding hydrogens is 228 g/mol. The van der Waals surface area contributed by atoms with E-state index < -0.39 is 5.97 Å². The minimum absolute atomic E-state index is 0.0958. The summed E-state index contributed by atoms with van der Waals surface area (Å²) in [5, 5.41) is 25.4. The van der Waals surface area contributed by atoms with Gasteiger partial charge in [-0.15, -0.1) is 5.10 Å². The summed E-state index contributed by atoms with van der Waals surface area (Å²) in [5.41, 5.74) is 0.0401. The van der Waals surface area contributed by atoms with Crippen molar-refractivity contribution in [3.8, 4) is 11.5 Å². The van der Waals surface area contributed by atoms with Crippen molar-refractivity contribution in [2.45, 2.75) is 13.0 Å². The number of carboxylic acid groups (broad SMARTS) is 1. The van der Waals surface area contributed by atoms with Crippen molar-refractivity contribution in [2.24, 2.45) is 0 Å². The lowest BCUT2D eigenvalue weighted by atomic mass is 10.3. The fourth-order valence-corrected chi connectivity index (χ4v) is 1.21. The van der Waals surface area contributed by atoms with Crippen molar-refractivity contribution in [1.82, 2.24) is 30.4 Å². The molecule has 17 heavy (non-hydrogen) atoms. The Kier molecular flexibility index (Phi) is 2.90. The average Bonchev–Trinajstić information content (AvgIpc) is 2.75. The summed E-state index contributed by atoms with van der Waals surface area (Å²) in [6.45, 7) is 0.137. The summed E-state index contributed by atoms with van der Waals surface area (Å²) in [6.07, 6.45) is -0.0958. The van der Waals surface area contributed by atoms with Crippen LogP contribution in [0.15, 0.2) is 16.9 Å². The Morgan fingerprint density at radius 3 is 2.94 bits per heavy atom. The van der Waals surface area contributed by atoms with Crippen molar-refractivity contribution in [3.63, 3.8) is 0 Å². The Morgan fingerprint density at radius 2 is 2.29 bits per heavy atom. The summed E-state index contributed by atoms with van der Waals surface area (Å²) in [6, 6.07) is 2.75. The molecule has 0 aliphatic carbocycles. The minimum atomic E-state index is -0.944. The number of carboxylic acids is 1. The van der Waals surface area contributed by atoms with Gasteiger partial charge in [-0.3, -0.25) is 9.59 Å². The smallest absolute Gasteiger partial charge is 0.305 e. The van der Waals surface area contributed by atoms with Gasteiger partial charge < -0.3 is 5.11 Å². The zero-order valence-corrected chi connectivity index (χ0v) is 8.57. The molecule has 0 saturated carbocycles. The van der Waals surface area contributed by atoms with E-state index in [9.17, 15) is 9.59 Å². The van der Waals surface area contributed by atoms with Crippen molar-refractivity contribution in [2.75, 3.05) is 0 Å². The van der Waals surface area contributed by atoms with E-state index in [4.69, 9.17) is 5.11 Å². The van der Waals surface area contributed by atoms with Gasteiger partial charge >= 0.3 is 5.97 Å². The molecule has 0 unspecified atom stereocenters. The number of aromatic nitrogens is 6. The SMILES string of the molecule is O=C(O)CCn1nnnc1-c1ccc(=O)[nH]n1. The van der Waals surface area contributed by atoms with E-state index in [0.29, 0.717) is 11.5 Å². The van der Waals surface area contributed by atoms with Crippen LogP contribution in [0.3, 0.4) is 0 Å². The lowest BCUT2D eigenvalue weighted by Crippen LogP contribution is -2.10. The van der Waals surface area contributed by atoms with E-state index in [1.807, 2.05) is 0 Å². The normalized spacial score (nSPS) is 10.4. The third kappa shape index (κ3) is 2.51. The Morgan fingerprint density at radius 1 is 1.47 bits per heavy atom. The molecule has 0 spiro atoms. The maximum absolute atomic E-state index is 10.8. The van der Waals surface area contributed by atoms with Gasteiger partial charge in [0.15, 0.2) is 0 Å². The molecule has 2 heterocycles. The lowest BCUT2D eigenvalue weighted by Gasteiger charge is -2.00. The van der Waals surface area contributed by atoms with Crippen LogP contribution < -0.4 is 5.56 Å². The van der Waals surface area contributed by atoms with Crippen LogP contribution in [-0.4, -0.2) is 41.5 Å². The zero-order valence-electron chi connectivity index (χ0n) is 8.57. The molecule has 0 aliphatic rings. The number of H-pyrrole nitrogens is 1. The highest BCUT2D eigenvalue weighted by Gasteiger charge is 2.11. The number of nitrogens with zero attached hydrogens (tertiary/aromatic N) is 5. The number of nitrogens with one attached hydrogen (secondary N) is 1. The first-order chi connectivity index (χ1) is 8.16. The third-order valence-electron chi connectivity index (χ3n) is 1.98. The van der Waals surface area contributed by atoms with Gasteiger partial charge in [0, 0.05) is 6.07 Å². The maximum Gasteiger partial charge on any atom is 0.305 e. The number of aryl methyl sites for hydroxylation is 1. The fraction of sp³-hybridized carbons (Fsp3) is 0.250. The number of aromatic amines is 1. The second-order valence-corrected chi connectivity index (χ2v) is 3.18. The standard InChI is InChI=1S/C8H8N6O3/c15-6-2-1-5(9-10-6)8-11-12-13-14(8)4-3-7(16)17/h1-2H,3-4H2,(H,10,15)(H,16,17). The molecule has 0 saturated heterocycles. The number of hydrogen-bond donors (Lipinski definition) is 2. The van der Waals surface area contributed by atoms with Gasteiger partial charge in [0.05, 0.1) is 13.0 Å². The predicted octanol–water partition coefficient (Wildman–Crippen LogP) is -1.10. The van der Waals surface area contributed by atoms with E-state index in [-0.39, 0.29) is 18.5 Å². The molecule has 88 valence electrons. The number of hydrogen-bond acceptors (Lipinski definition) is 6. The summed E-state index contributed by atoms with van der Waals surface area (Å²) >= 11 is 0. The van der Waals surface area contributed by atoms with Crippen LogP contribution >= 0.6 is 0 Å². The number of carbonyl (C=O) groups is 1. The van der Waals surface area contributed by atoms with Gasteiger partial charge in [0.1, 0.15) is 5.69 Å². The maximum atomic E-state index is 10.8.